The molecule has 0 aromatic carbocycles. The lowest BCUT2D eigenvalue weighted by Crippen LogP contribution is -2.42. The fraction of sp³-hybridized carbons (Fsp3) is 0.615. The number of halogens is 1. The highest BCUT2D eigenvalue weighted by Gasteiger charge is 2.14. The molecule has 1 aromatic heterocycles. The molecule has 112 valence electrons. The van der Waals surface area contributed by atoms with Crippen LogP contribution in [0.1, 0.15) is 15.3 Å². The maximum absolute atomic E-state index is 6.09. The van der Waals surface area contributed by atoms with Crippen molar-refractivity contribution >= 4 is 64.8 Å². The molecule has 0 aliphatic carbocycles. The first-order valence-electron chi connectivity index (χ1n) is 6.64. The Morgan fingerprint density at radius 1 is 1.25 bits per heavy atom. The van der Waals surface area contributed by atoms with Crippen LogP contribution in [0.2, 0.25) is 0 Å². The first kappa shape index (κ1) is 16.8. The first-order chi connectivity index (χ1) is 9.33. The van der Waals surface area contributed by atoms with Gasteiger partial charge in [0.1, 0.15) is 0 Å². The predicted molar refractivity (Wildman–Crippen MR) is 104 cm³/mol. The van der Waals surface area contributed by atoms with Crippen LogP contribution in [0.3, 0.4) is 0 Å². The van der Waals surface area contributed by atoms with E-state index in [2.05, 4.69) is 16.0 Å². The summed E-state index contributed by atoms with van der Waals surface area (Å²) < 4.78 is 0. The van der Waals surface area contributed by atoms with E-state index in [0.717, 1.165) is 25.6 Å². The van der Waals surface area contributed by atoms with Gasteiger partial charge in [0.2, 0.25) is 0 Å². The number of fused-ring (bicyclic) bond motifs is 1. The van der Waals surface area contributed by atoms with E-state index in [1.165, 1.54) is 39.9 Å². The molecule has 0 atom stereocenters. The van der Waals surface area contributed by atoms with Crippen molar-refractivity contribution in [3.63, 3.8) is 0 Å². The summed E-state index contributed by atoms with van der Waals surface area (Å²) in [6.07, 6.45) is 1.23. The van der Waals surface area contributed by atoms with Gasteiger partial charge in [-0.2, -0.15) is 23.5 Å². The van der Waals surface area contributed by atoms with E-state index in [1.807, 2.05) is 34.9 Å². The molecule has 2 aliphatic rings. The molecule has 0 unspecified atom stereocenters. The molecule has 0 bridgehead atoms. The quantitative estimate of drug-likeness (QED) is 0.435. The fourth-order valence-corrected chi connectivity index (χ4v) is 5.55. The summed E-state index contributed by atoms with van der Waals surface area (Å²) in [5.74, 6) is 5.50. The van der Waals surface area contributed by atoms with E-state index in [4.69, 9.17) is 5.73 Å². The van der Waals surface area contributed by atoms with Gasteiger partial charge >= 0.3 is 0 Å². The molecule has 0 amide bonds. The second-order valence-corrected chi connectivity index (χ2v) is 8.29. The maximum atomic E-state index is 6.09. The number of thioether (sulfide) groups is 2. The number of nitrogens with two attached hydrogens (primary N) is 1. The third-order valence-electron chi connectivity index (χ3n) is 3.41. The Morgan fingerprint density at radius 3 is 2.80 bits per heavy atom. The zero-order chi connectivity index (χ0) is 13.1. The molecule has 1 fully saturated rings. The summed E-state index contributed by atoms with van der Waals surface area (Å²) in [4.78, 5) is 9.71. The second kappa shape index (κ2) is 8.14. The zero-order valence-corrected chi connectivity index (χ0v) is 16.1. The highest BCUT2D eigenvalue weighted by molar-refractivity contribution is 14.0. The SMILES string of the molecule is I.NC(=NCc1cc2c(s1)CCSC2)N1CCSCC1. The van der Waals surface area contributed by atoms with Crippen LogP contribution >= 0.6 is 58.8 Å². The molecule has 0 spiro atoms. The molecule has 3 rings (SSSR count). The van der Waals surface area contributed by atoms with E-state index >= 15 is 0 Å². The van der Waals surface area contributed by atoms with Crippen molar-refractivity contribution in [2.75, 3.05) is 30.3 Å². The zero-order valence-electron chi connectivity index (χ0n) is 11.3. The van der Waals surface area contributed by atoms with E-state index < -0.39 is 0 Å². The van der Waals surface area contributed by atoms with Gasteiger partial charge < -0.3 is 10.6 Å². The largest absolute Gasteiger partial charge is 0.370 e. The number of guanidine groups is 1. The van der Waals surface area contributed by atoms with Gasteiger partial charge in [-0.3, -0.25) is 0 Å². The van der Waals surface area contributed by atoms with Crippen LogP contribution < -0.4 is 5.73 Å². The minimum Gasteiger partial charge on any atom is -0.370 e. The normalized spacial score (nSPS) is 19.4. The van der Waals surface area contributed by atoms with Crippen molar-refractivity contribution in [3.05, 3.63) is 21.4 Å². The lowest BCUT2D eigenvalue weighted by atomic mass is 10.2. The number of nitrogens with zero attached hydrogens (tertiary/aromatic N) is 2. The minimum absolute atomic E-state index is 0. The van der Waals surface area contributed by atoms with Gasteiger partial charge in [0.15, 0.2) is 5.96 Å². The smallest absolute Gasteiger partial charge is 0.191 e. The fourth-order valence-electron chi connectivity index (χ4n) is 2.34. The molecule has 2 N–H and O–H groups in total. The van der Waals surface area contributed by atoms with Crippen LogP contribution in [0.5, 0.6) is 0 Å². The molecule has 2 aliphatic heterocycles. The van der Waals surface area contributed by atoms with Crippen LogP contribution in [0.25, 0.3) is 0 Å². The Labute approximate surface area is 150 Å². The highest BCUT2D eigenvalue weighted by Crippen LogP contribution is 2.32. The second-order valence-electron chi connectivity index (χ2n) is 4.74. The molecule has 0 radical (unpaired) electrons. The van der Waals surface area contributed by atoms with Crippen molar-refractivity contribution in [2.45, 2.75) is 18.7 Å². The summed E-state index contributed by atoms with van der Waals surface area (Å²) in [6, 6.07) is 2.33. The van der Waals surface area contributed by atoms with Crippen LogP contribution in [-0.2, 0) is 18.7 Å². The van der Waals surface area contributed by atoms with Crippen LogP contribution in [0, 0.1) is 0 Å². The van der Waals surface area contributed by atoms with Crippen molar-refractivity contribution in [2.24, 2.45) is 10.7 Å². The van der Waals surface area contributed by atoms with E-state index in [1.54, 1.807) is 4.88 Å². The number of hydrogen-bond acceptors (Lipinski definition) is 4. The average Bonchev–Trinajstić information content (AvgIpc) is 2.88. The monoisotopic (exact) mass is 441 g/mol. The van der Waals surface area contributed by atoms with Crippen LogP contribution in [-0.4, -0.2) is 41.2 Å². The van der Waals surface area contributed by atoms with Gasteiger partial charge in [-0.1, -0.05) is 0 Å². The summed E-state index contributed by atoms with van der Waals surface area (Å²) in [6.45, 7) is 2.83. The number of aliphatic imine (C=N–C) groups is 1. The molecular formula is C13H20IN3S3. The lowest BCUT2D eigenvalue weighted by Gasteiger charge is -2.27. The summed E-state index contributed by atoms with van der Waals surface area (Å²) in [5.41, 5.74) is 7.61. The summed E-state index contributed by atoms with van der Waals surface area (Å²) in [7, 11) is 0. The maximum Gasteiger partial charge on any atom is 0.191 e. The first-order valence-corrected chi connectivity index (χ1v) is 9.76. The summed E-state index contributed by atoms with van der Waals surface area (Å²) >= 11 is 5.96. The van der Waals surface area contributed by atoms with E-state index in [0.29, 0.717) is 0 Å². The molecule has 20 heavy (non-hydrogen) atoms. The number of rotatable bonds is 2. The standard InChI is InChI=1S/C13H19N3S3.HI/c14-13(16-2-5-17-6-3-16)15-8-11-7-10-9-18-4-1-12(10)19-11;/h7H,1-6,8-9H2,(H2,14,15);1H. The number of aryl methyl sites for hydroxylation is 1. The van der Waals surface area contributed by atoms with Gasteiger partial charge in [0.05, 0.1) is 6.54 Å². The van der Waals surface area contributed by atoms with Crippen molar-refractivity contribution in [3.8, 4) is 0 Å². The Bertz CT molecular complexity index is 446. The van der Waals surface area contributed by atoms with E-state index in [-0.39, 0.29) is 24.0 Å². The topological polar surface area (TPSA) is 41.6 Å². The average molecular weight is 441 g/mol. The van der Waals surface area contributed by atoms with Crippen molar-refractivity contribution in [1.29, 1.82) is 0 Å². The Kier molecular flexibility index (Phi) is 6.83. The Morgan fingerprint density at radius 2 is 2.05 bits per heavy atom. The molecule has 7 heteroatoms. The van der Waals surface area contributed by atoms with E-state index in [9.17, 15) is 0 Å². The Balaban J connectivity index is 0.00000147. The predicted octanol–water partition coefficient (Wildman–Crippen LogP) is 3.02. The van der Waals surface area contributed by atoms with Crippen LogP contribution in [0.15, 0.2) is 11.1 Å². The lowest BCUT2D eigenvalue weighted by molar-refractivity contribution is 0.456. The molecule has 1 aromatic rings. The molecule has 1 saturated heterocycles. The highest BCUT2D eigenvalue weighted by atomic mass is 127. The van der Waals surface area contributed by atoms with Gasteiger partial charge in [0, 0.05) is 40.1 Å². The Hall–Kier alpha value is 0.400. The third-order valence-corrected chi connectivity index (χ3v) is 6.58. The molecule has 0 saturated carbocycles. The van der Waals surface area contributed by atoms with Gasteiger partial charge in [-0.25, -0.2) is 4.99 Å². The van der Waals surface area contributed by atoms with Gasteiger partial charge in [0.25, 0.3) is 0 Å². The van der Waals surface area contributed by atoms with Crippen molar-refractivity contribution in [1.82, 2.24) is 4.90 Å². The minimum atomic E-state index is 0. The summed E-state index contributed by atoms with van der Waals surface area (Å²) in [5, 5.41) is 0. The number of hydrogen-bond donors (Lipinski definition) is 1. The van der Waals surface area contributed by atoms with Crippen molar-refractivity contribution < 1.29 is 0 Å². The molecular weight excluding hydrogens is 421 g/mol. The molecule has 3 heterocycles. The molecule has 3 nitrogen and oxygen atoms in total. The number of thiophene rings is 1. The third kappa shape index (κ3) is 4.20. The van der Waals surface area contributed by atoms with Crippen LogP contribution in [0.4, 0.5) is 0 Å². The van der Waals surface area contributed by atoms with Gasteiger partial charge in [-0.15, -0.1) is 35.3 Å². The van der Waals surface area contributed by atoms with Gasteiger partial charge in [-0.05, 0) is 23.8 Å².